The number of unbranched alkanes of at least 4 members (excludes halogenated alkanes) is 9. The fraction of sp³-hybridized carbons (Fsp3) is 1.00. The van der Waals surface area contributed by atoms with E-state index in [0.29, 0.717) is 6.04 Å². The van der Waals surface area contributed by atoms with E-state index in [1.807, 2.05) is 0 Å². The van der Waals surface area contributed by atoms with E-state index < -0.39 is 0 Å². The molecule has 0 radical (unpaired) electrons. The van der Waals surface area contributed by atoms with E-state index in [9.17, 15) is 0 Å². The number of ether oxygens (including phenoxy) is 1. The Hall–Kier alpha value is -0.0800. The molecule has 1 N–H and O–H groups in total. The molecule has 1 saturated heterocycles. The van der Waals surface area contributed by atoms with E-state index >= 15 is 0 Å². The molecule has 0 amide bonds. The molecule has 1 aliphatic rings. The van der Waals surface area contributed by atoms with Crippen LogP contribution < -0.4 is 5.32 Å². The van der Waals surface area contributed by atoms with Crippen molar-refractivity contribution in [1.82, 2.24) is 5.32 Å². The van der Waals surface area contributed by atoms with Crippen molar-refractivity contribution in [2.75, 3.05) is 20.3 Å². The van der Waals surface area contributed by atoms with Crippen molar-refractivity contribution < 1.29 is 4.74 Å². The van der Waals surface area contributed by atoms with Gasteiger partial charge in [-0.25, -0.2) is 0 Å². The summed E-state index contributed by atoms with van der Waals surface area (Å²) >= 11 is 0. The highest BCUT2D eigenvalue weighted by Crippen LogP contribution is 2.21. The molecular weight excluding hydrogens is 258 g/mol. The van der Waals surface area contributed by atoms with Crippen molar-refractivity contribution in [1.29, 1.82) is 0 Å². The fourth-order valence-electron chi connectivity index (χ4n) is 3.55. The van der Waals surface area contributed by atoms with Crippen molar-refractivity contribution in [2.45, 2.75) is 96.4 Å². The Morgan fingerprint density at radius 2 is 1.57 bits per heavy atom. The highest BCUT2D eigenvalue weighted by molar-refractivity contribution is 4.77. The van der Waals surface area contributed by atoms with E-state index in [0.717, 1.165) is 19.1 Å². The molecule has 2 unspecified atom stereocenters. The molecule has 0 aliphatic carbocycles. The molecule has 1 rings (SSSR count). The number of nitrogens with one attached hydrogen (secondary N) is 1. The molecule has 0 bridgehead atoms. The molecule has 126 valence electrons. The molecule has 1 aliphatic heterocycles. The van der Waals surface area contributed by atoms with Crippen molar-refractivity contribution in [3.63, 3.8) is 0 Å². The Bertz CT molecular complexity index is 214. The average Bonchev–Trinajstić information content (AvgIpc) is 2.54. The van der Waals surface area contributed by atoms with Crippen LogP contribution in [0.3, 0.4) is 0 Å². The zero-order chi connectivity index (χ0) is 15.2. The van der Waals surface area contributed by atoms with Gasteiger partial charge in [0.2, 0.25) is 0 Å². The van der Waals surface area contributed by atoms with Gasteiger partial charge in [0.1, 0.15) is 0 Å². The summed E-state index contributed by atoms with van der Waals surface area (Å²) in [6, 6.07) is 0.680. The third-order valence-electron chi connectivity index (χ3n) is 5.00. The van der Waals surface area contributed by atoms with Gasteiger partial charge in [0.15, 0.2) is 0 Å². The highest BCUT2D eigenvalue weighted by atomic mass is 16.5. The lowest BCUT2D eigenvalue weighted by atomic mass is 9.90. The molecule has 1 fully saturated rings. The minimum absolute atomic E-state index is 0.680. The Kier molecular flexibility index (Phi) is 12.3. The molecule has 0 aromatic carbocycles. The summed E-state index contributed by atoms with van der Waals surface area (Å²) in [7, 11) is 2.12. The lowest BCUT2D eigenvalue weighted by molar-refractivity contribution is 0.0387. The summed E-state index contributed by atoms with van der Waals surface area (Å²) < 4.78 is 5.62. The smallest absolute Gasteiger partial charge is 0.0509 e. The van der Waals surface area contributed by atoms with Gasteiger partial charge < -0.3 is 10.1 Å². The molecule has 0 aromatic rings. The topological polar surface area (TPSA) is 21.3 Å². The quantitative estimate of drug-likeness (QED) is 0.465. The van der Waals surface area contributed by atoms with Gasteiger partial charge >= 0.3 is 0 Å². The van der Waals surface area contributed by atoms with Crippen LogP contribution in [0.5, 0.6) is 0 Å². The maximum absolute atomic E-state index is 5.62. The second-order valence-electron chi connectivity index (χ2n) is 6.84. The van der Waals surface area contributed by atoms with Crippen LogP contribution in [0.25, 0.3) is 0 Å². The van der Waals surface area contributed by atoms with Crippen LogP contribution in [0.2, 0.25) is 0 Å². The van der Waals surface area contributed by atoms with E-state index in [1.54, 1.807) is 0 Å². The average molecular weight is 298 g/mol. The van der Waals surface area contributed by atoms with E-state index in [-0.39, 0.29) is 0 Å². The van der Waals surface area contributed by atoms with Crippen LogP contribution in [0.1, 0.15) is 90.4 Å². The van der Waals surface area contributed by atoms with Gasteiger partial charge in [0, 0.05) is 12.6 Å². The second kappa shape index (κ2) is 13.6. The third-order valence-corrected chi connectivity index (χ3v) is 5.00. The Morgan fingerprint density at radius 1 is 0.952 bits per heavy atom. The first-order chi connectivity index (χ1) is 10.4. The Labute approximate surface area is 133 Å². The Balaban J connectivity index is 1.90. The van der Waals surface area contributed by atoms with Crippen LogP contribution in [0.4, 0.5) is 0 Å². The van der Waals surface area contributed by atoms with E-state index in [1.165, 1.54) is 83.5 Å². The normalized spacial score (nSPS) is 20.6. The zero-order valence-corrected chi connectivity index (χ0v) is 14.7. The zero-order valence-electron chi connectivity index (χ0n) is 14.7. The molecular formula is C19H39NO. The predicted octanol–water partition coefficient (Wildman–Crippen LogP) is 5.31. The lowest BCUT2D eigenvalue weighted by Crippen LogP contribution is -2.38. The first kappa shape index (κ1) is 19.0. The van der Waals surface area contributed by atoms with Crippen molar-refractivity contribution in [3.8, 4) is 0 Å². The highest BCUT2D eigenvalue weighted by Gasteiger charge is 2.22. The fourth-order valence-corrected chi connectivity index (χ4v) is 3.55. The van der Waals surface area contributed by atoms with E-state index in [4.69, 9.17) is 4.74 Å². The summed E-state index contributed by atoms with van der Waals surface area (Å²) in [5.74, 6) is 0.752. The molecule has 1 heterocycles. The monoisotopic (exact) mass is 297 g/mol. The maximum Gasteiger partial charge on any atom is 0.0509 e. The summed E-state index contributed by atoms with van der Waals surface area (Å²) in [6.45, 7) is 4.24. The minimum Gasteiger partial charge on any atom is -0.381 e. The predicted molar refractivity (Wildman–Crippen MR) is 92.9 cm³/mol. The number of hydrogen-bond acceptors (Lipinski definition) is 2. The lowest BCUT2D eigenvalue weighted by Gasteiger charge is -2.30. The van der Waals surface area contributed by atoms with Gasteiger partial charge in [-0.1, -0.05) is 71.1 Å². The summed E-state index contributed by atoms with van der Waals surface area (Å²) in [4.78, 5) is 0. The van der Waals surface area contributed by atoms with Crippen molar-refractivity contribution >= 4 is 0 Å². The standard InChI is InChI=1S/C19H39NO/c1-3-4-5-6-7-8-9-10-11-12-15-19(20-2)18-14-13-16-21-17-18/h18-20H,3-17H2,1-2H3. The van der Waals surface area contributed by atoms with Crippen LogP contribution in [0, 0.1) is 5.92 Å². The number of hydrogen-bond donors (Lipinski definition) is 1. The van der Waals surface area contributed by atoms with Gasteiger partial charge in [0.05, 0.1) is 6.61 Å². The summed E-state index contributed by atoms with van der Waals surface area (Å²) in [6.07, 6.45) is 18.2. The third kappa shape index (κ3) is 9.52. The maximum atomic E-state index is 5.62. The SMILES string of the molecule is CCCCCCCCCCCCC(NC)C1CCCOC1. The van der Waals surface area contributed by atoms with Crippen molar-refractivity contribution in [3.05, 3.63) is 0 Å². The minimum atomic E-state index is 0.680. The van der Waals surface area contributed by atoms with Crippen LogP contribution in [-0.2, 0) is 4.74 Å². The molecule has 0 saturated carbocycles. The first-order valence-electron chi connectivity index (χ1n) is 9.63. The van der Waals surface area contributed by atoms with Crippen LogP contribution in [0.15, 0.2) is 0 Å². The molecule has 0 spiro atoms. The second-order valence-corrected chi connectivity index (χ2v) is 6.84. The Morgan fingerprint density at radius 3 is 2.10 bits per heavy atom. The summed E-state index contributed by atoms with van der Waals surface area (Å²) in [5, 5.41) is 3.52. The largest absolute Gasteiger partial charge is 0.381 e. The van der Waals surface area contributed by atoms with Gasteiger partial charge in [0.25, 0.3) is 0 Å². The molecule has 2 heteroatoms. The number of rotatable bonds is 13. The van der Waals surface area contributed by atoms with Gasteiger partial charge in [-0.3, -0.25) is 0 Å². The van der Waals surface area contributed by atoms with Gasteiger partial charge in [-0.05, 0) is 32.2 Å². The summed E-state index contributed by atoms with van der Waals surface area (Å²) in [5.41, 5.74) is 0. The van der Waals surface area contributed by atoms with Gasteiger partial charge in [-0.2, -0.15) is 0 Å². The van der Waals surface area contributed by atoms with Crippen LogP contribution >= 0.6 is 0 Å². The molecule has 0 aromatic heterocycles. The van der Waals surface area contributed by atoms with E-state index in [2.05, 4.69) is 19.3 Å². The first-order valence-corrected chi connectivity index (χ1v) is 9.63. The van der Waals surface area contributed by atoms with Crippen LogP contribution in [-0.4, -0.2) is 26.3 Å². The van der Waals surface area contributed by atoms with Crippen molar-refractivity contribution in [2.24, 2.45) is 5.92 Å². The molecule has 21 heavy (non-hydrogen) atoms. The molecule has 2 nitrogen and oxygen atoms in total. The van der Waals surface area contributed by atoms with Gasteiger partial charge in [-0.15, -0.1) is 0 Å². The molecule has 2 atom stereocenters.